The number of nitrogens with zero attached hydrogens (tertiary/aromatic N) is 2. The topological polar surface area (TPSA) is 56.1 Å². The van der Waals surface area contributed by atoms with Crippen molar-refractivity contribution in [3.05, 3.63) is 88.5 Å². The molecular weight excluding hydrogens is 405 g/mol. The summed E-state index contributed by atoms with van der Waals surface area (Å²) in [6.45, 7) is 2.07. The normalized spacial score (nSPS) is 15.7. The molecule has 0 unspecified atom stereocenters. The van der Waals surface area contributed by atoms with Gasteiger partial charge in [-0.05, 0) is 42.2 Å². The summed E-state index contributed by atoms with van der Waals surface area (Å²) in [6.07, 6.45) is 4.70. The van der Waals surface area contributed by atoms with E-state index in [1.54, 1.807) is 29.2 Å². The van der Waals surface area contributed by atoms with Gasteiger partial charge in [-0.3, -0.25) is 9.48 Å². The third-order valence-electron chi connectivity index (χ3n) is 5.66. The number of hydrogen-bond donors (Lipinski definition) is 1. The lowest BCUT2D eigenvalue weighted by Gasteiger charge is -2.38. The third-order valence-corrected chi connectivity index (χ3v) is 6.03. The zero-order valence-corrected chi connectivity index (χ0v) is 17.2. The molecule has 1 saturated heterocycles. The van der Waals surface area contributed by atoms with Crippen molar-refractivity contribution in [3.8, 4) is 0 Å². The molecule has 1 aliphatic heterocycles. The number of hydrogen-bond acceptors (Lipinski definition) is 3. The molecule has 1 fully saturated rings. The van der Waals surface area contributed by atoms with E-state index in [4.69, 9.17) is 16.3 Å². The average Bonchev–Trinajstić information content (AvgIpc) is 3.23. The van der Waals surface area contributed by atoms with Crippen molar-refractivity contribution in [2.24, 2.45) is 0 Å². The minimum absolute atomic E-state index is 0.206. The minimum Gasteiger partial charge on any atom is -0.381 e. The predicted molar refractivity (Wildman–Crippen MR) is 113 cm³/mol. The van der Waals surface area contributed by atoms with E-state index in [1.807, 2.05) is 30.3 Å². The highest BCUT2D eigenvalue weighted by molar-refractivity contribution is 6.31. The summed E-state index contributed by atoms with van der Waals surface area (Å²) in [4.78, 5) is 12.8. The summed E-state index contributed by atoms with van der Waals surface area (Å²) in [5.74, 6) is -0.478. The van der Waals surface area contributed by atoms with Gasteiger partial charge >= 0.3 is 0 Å². The van der Waals surface area contributed by atoms with Crippen LogP contribution in [-0.4, -0.2) is 35.4 Å². The molecule has 0 spiro atoms. The molecule has 4 rings (SSSR count). The number of amides is 1. The van der Waals surface area contributed by atoms with E-state index in [0.29, 0.717) is 36.9 Å². The third kappa shape index (κ3) is 4.55. The molecule has 3 aromatic rings. The number of rotatable bonds is 6. The monoisotopic (exact) mass is 427 g/mol. The van der Waals surface area contributed by atoms with Crippen molar-refractivity contribution in [2.75, 3.05) is 19.8 Å². The molecule has 0 bridgehead atoms. The van der Waals surface area contributed by atoms with Crippen molar-refractivity contribution in [2.45, 2.75) is 24.8 Å². The number of ether oxygens (including phenoxy) is 1. The Morgan fingerprint density at radius 1 is 1.20 bits per heavy atom. The fourth-order valence-corrected chi connectivity index (χ4v) is 4.06. The van der Waals surface area contributed by atoms with E-state index in [1.165, 1.54) is 6.07 Å². The molecule has 1 N–H and O–H groups in total. The molecule has 2 aromatic carbocycles. The number of aromatic nitrogens is 2. The second-order valence-corrected chi connectivity index (χ2v) is 8.01. The van der Waals surface area contributed by atoms with Crippen molar-refractivity contribution in [1.29, 1.82) is 0 Å². The smallest absolute Gasteiger partial charge is 0.254 e. The maximum atomic E-state index is 13.8. The van der Waals surface area contributed by atoms with Gasteiger partial charge in [0.05, 0.1) is 18.3 Å². The van der Waals surface area contributed by atoms with Gasteiger partial charge in [-0.1, -0.05) is 41.9 Å². The van der Waals surface area contributed by atoms with Crippen LogP contribution in [0.25, 0.3) is 0 Å². The Hall–Kier alpha value is -2.70. The van der Waals surface area contributed by atoms with Crippen LogP contribution in [-0.2, 0) is 16.7 Å². The Bertz CT molecular complexity index is 1030. The molecule has 5 nitrogen and oxygen atoms in total. The molecule has 2 heterocycles. The standard InChI is InChI=1S/C23H23ClFN3O2/c24-21-7-2-1-4-17(21)14-28-15-18(13-27-28)22(29)26-16-23(8-10-30-11-9-23)19-5-3-6-20(25)12-19/h1-7,12-13,15H,8-11,14,16H2,(H,26,29). The van der Waals surface area contributed by atoms with E-state index >= 15 is 0 Å². The van der Waals surface area contributed by atoms with Crippen molar-refractivity contribution in [1.82, 2.24) is 15.1 Å². The molecule has 0 radical (unpaired) electrons. The van der Waals surface area contributed by atoms with Crippen LogP contribution in [0.15, 0.2) is 60.9 Å². The summed E-state index contributed by atoms with van der Waals surface area (Å²) in [5, 5.41) is 7.97. The lowest BCUT2D eigenvalue weighted by atomic mass is 9.74. The summed E-state index contributed by atoms with van der Waals surface area (Å²) in [5.41, 5.74) is 1.95. The summed E-state index contributed by atoms with van der Waals surface area (Å²) >= 11 is 6.21. The first-order chi connectivity index (χ1) is 14.6. The van der Waals surface area contributed by atoms with Crippen molar-refractivity contribution < 1.29 is 13.9 Å². The van der Waals surface area contributed by atoms with Gasteiger partial charge in [0.15, 0.2) is 0 Å². The average molecular weight is 428 g/mol. The molecule has 1 amide bonds. The molecule has 30 heavy (non-hydrogen) atoms. The lowest BCUT2D eigenvalue weighted by molar-refractivity contribution is 0.0486. The Morgan fingerprint density at radius 3 is 2.77 bits per heavy atom. The summed E-state index contributed by atoms with van der Waals surface area (Å²) in [6, 6.07) is 14.2. The van der Waals surface area contributed by atoms with E-state index in [0.717, 1.165) is 24.0 Å². The Balaban J connectivity index is 1.45. The van der Waals surface area contributed by atoms with Crippen LogP contribution in [0.1, 0.15) is 34.3 Å². The largest absolute Gasteiger partial charge is 0.381 e. The first-order valence-corrected chi connectivity index (χ1v) is 10.3. The number of carbonyl (C=O) groups excluding carboxylic acids is 1. The fourth-order valence-electron chi connectivity index (χ4n) is 3.87. The van der Waals surface area contributed by atoms with Crippen LogP contribution >= 0.6 is 11.6 Å². The van der Waals surface area contributed by atoms with E-state index < -0.39 is 0 Å². The van der Waals surface area contributed by atoms with Gasteiger partial charge in [-0.15, -0.1) is 0 Å². The highest BCUT2D eigenvalue weighted by atomic mass is 35.5. The molecule has 156 valence electrons. The zero-order valence-electron chi connectivity index (χ0n) is 16.5. The Morgan fingerprint density at radius 2 is 2.00 bits per heavy atom. The highest BCUT2D eigenvalue weighted by Crippen LogP contribution is 2.34. The molecule has 7 heteroatoms. The van der Waals surface area contributed by atoms with Crippen LogP contribution in [0, 0.1) is 5.82 Å². The van der Waals surface area contributed by atoms with Crippen molar-refractivity contribution in [3.63, 3.8) is 0 Å². The highest BCUT2D eigenvalue weighted by Gasteiger charge is 2.35. The second-order valence-electron chi connectivity index (χ2n) is 7.60. The van der Waals surface area contributed by atoms with Gasteiger partial charge in [0.25, 0.3) is 5.91 Å². The van der Waals surface area contributed by atoms with Gasteiger partial charge in [0, 0.05) is 36.4 Å². The molecule has 0 atom stereocenters. The maximum Gasteiger partial charge on any atom is 0.254 e. The maximum absolute atomic E-state index is 13.8. The quantitative estimate of drug-likeness (QED) is 0.641. The Labute approximate surface area is 179 Å². The van der Waals surface area contributed by atoms with Crippen LogP contribution in [0.3, 0.4) is 0 Å². The van der Waals surface area contributed by atoms with Crippen LogP contribution in [0.4, 0.5) is 4.39 Å². The first kappa shape index (κ1) is 20.6. The first-order valence-electron chi connectivity index (χ1n) is 9.94. The predicted octanol–water partition coefficient (Wildman–Crippen LogP) is 4.20. The zero-order chi connectivity index (χ0) is 21.0. The van der Waals surface area contributed by atoms with Gasteiger partial charge in [0.2, 0.25) is 0 Å². The van der Waals surface area contributed by atoms with Gasteiger partial charge in [-0.25, -0.2) is 4.39 Å². The van der Waals surface area contributed by atoms with Gasteiger partial charge in [0.1, 0.15) is 5.82 Å². The molecule has 1 aromatic heterocycles. The molecular formula is C23H23ClFN3O2. The minimum atomic E-state index is -0.344. The fraction of sp³-hybridized carbons (Fsp3) is 0.304. The van der Waals surface area contributed by atoms with E-state index in [2.05, 4.69) is 10.4 Å². The molecule has 1 aliphatic rings. The number of carbonyl (C=O) groups is 1. The SMILES string of the molecule is O=C(NCC1(c2cccc(F)c2)CCOCC1)c1cnn(Cc2ccccc2Cl)c1. The molecule has 0 aliphatic carbocycles. The van der Waals surface area contributed by atoms with Gasteiger partial charge < -0.3 is 10.1 Å². The van der Waals surface area contributed by atoms with Crippen LogP contribution in [0.2, 0.25) is 5.02 Å². The van der Waals surface area contributed by atoms with Crippen LogP contribution in [0.5, 0.6) is 0 Å². The summed E-state index contributed by atoms with van der Waals surface area (Å²) in [7, 11) is 0. The molecule has 0 saturated carbocycles. The Kier molecular flexibility index (Phi) is 6.16. The second kappa shape index (κ2) is 8.98. The van der Waals surface area contributed by atoms with E-state index in [9.17, 15) is 9.18 Å². The number of nitrogens with one attached hydrogen (secondary N) is 1. The number of benzene rings is 2. The van der Waals surface area contributed by atoms with Crippen LogP contribution < -0.4 is 5.32 Å². The number of halogens is 2. The summed E-state index contributed by atoms with van der Waals surface area (Å²) < 4.78 is 21.0. The van der Waals surface area contributed by atoms with E-state index in [-0.39, 0.29) is 17.1 Å². The lowest BCUT2D eigenvalue weighted by Crippen LogP contribution is -2.44. The van der Waals surface area contributed by atoms with Crippen molar-refractivity contribution >= 4 is 17.5 Å². The van der Waals surface area contributed by atoms with Gasteiger partial charge in [-0.2, -0.15) is 5.10 Å².